The van der Waals surface area contributed by atoms with E-state index in [9.17, 15) is 13.6 Å². The highest BCUT2D eigenvalue weighted by Gasteiger charge is 2.20. The van der Waals surface area contributed by atoms with E-state index in [4.69, 9.17) is 5.11 Å². The minimum Gasteiger partial charge on any atom is -0.478 e. The van der Waals surface area contributed by atoms with E-state index < -0.39 is 12.6 Å². The largest absolute Gasteiger partial charge is 0.478 e. The summed E-state index contributed by atoms with van der Waals surface area (Å²) in [4.78, 5) is 11.1. The number of aryl methyl sites for hydroxylation is 1. The van der Waals surface area contributed by atoms with Crippen molar-refractivity contribution in [3.8, 4) is 17.0 Å². The van der Waals surface area contributed by atoms with E-state index in [-0.39, 0.29) is 22.6 Å². The smallest absolute Gasteiger partial charge is 0.387 e. The van der Waals surface area contributed by atoms with Gasteiger partial charge in [0.15, 0.2) is 0 Å². The summed E-state index contributed by atoms with van der Waals surface area (Å²) >= 11 is 0. The van der Waals surface area contributed by atoms with Crippen LogP contribution in [-0.4, -0.2) is 27.5 Å². The van der Waals surface area contributed by atoms with Gasteiger partial charge in [-0.25, -0.2) is 4.79 Å². The Morgan fingerprint density at radius 2 is 2.11 bits per heavy atom. The summed E-state index contributed by atoms with van der Waals surface area (Å²) in [6.07, 6.45) is 1.30. The summed E-state index contributed by atoms with van der Waals surface area (Å²) in [6.45, 7) is -2.99. The summed E-state index contributed by atoms with van der Waals surface area (Å²) in [5, 5.41) is 13.1. The summed E-state index contributed by atoms with van der Waals surface area (Å²) < 4.78 is 30.3. The zero-order chi connectivity index (χ0) is 14.0. The van der Waals surface area contributed by atoms with Crippen LogP contribution in [0.2, 0.25) is 0 Å². The van der Waals surface area contributed by atoms with Crippen molar-refractivity contribution in [3.63, 3.8) is 0 Å². The SMILES string of the molecule is Cn1cc(C(=O)O)c(-c2ccccc2OC(F)F)n1. The first-order valence-electron chi connectivity index (χ1n) is 5.30. The maximum Gasteiger partial charge on any atom is 0.387 e. The second kappa shape index (κ2) is 5.05. The highest BCUT2D eigenvalue weighted by molar-refractivity contribution is 5.95. The maximum atomic E-state index is 12.3. The fourth-order valence-corrected chi connectivity index (χ4v) is 1.70. The minimum absolute atomic E-state index is 0.0761. The summed E-state index contributed by atoms with van der Waals surface area (Å²) in [7, 11) is 1.55. The Morgan fingerprint density at radius 1 is 1.42 bits per heavy atom. The number of nitrogens with zero attached hydrogens (tertiary/aromatic N) is 2. The van der Waals surface area contributed by atoms with Crippen molar-refractivity contribution in [3.05, 3.63) is 36.0 Å². The van der Waals surface area contributed by atoms with E-state index in [1.807, 2.05) is 0 Å². The number of hydrogen-bond donors (Lipinski definition) is 1. The summed E-state index contributed by atoms with van der Waals surface area (Å²) in [6, 6.07) is 5.92. The third-order valence-corrected chi connectivity index (χ3v) is 2.42. The molecule has 0 aliphatic rings. The van der Waals surface area contributed by atoms with Gasteiger partial charge in [0.05, 0.1) is 0 Å². The lowest BCUT2D eigenvalue weighted by atomic mass is 10.1. The Bertz CT molecular complexity index is 611. The van der Waals surface area contributed by atoms with Crippen LogP contribution in [0.1, 0.15) is 10.4 Å². The Kier molecular flexibility index (Phi) is 3.46. The Hall–Kier alpha value is -2.44. The molecule has 1 N–H and O–H groups in total. The van der Waals surface area contributed by atoms with Crippen LogP contribution < -0.4 is 4.74 Å². The molecule has 19 heavy (non-hydrogen) atoms. The number of alkyl halides is 2. The van der Waals surface area contributed by atoms with Crippen molar-refractivity contribution < 1.29 is 23.4 Å². The molecule has 0 spiro atoms. The molecule has 2 aromatic rings. The maximum absolute atomic E-state index is 12.3. The Balaban J connectivity index is 2.55. The first kappa shape index (κ1) is 13.0. The molecule has 1 aromatic carbocycles. The number of benzene rings is 1. The molecule has 0 saturated heterocycles. The topological polar surface area (TPSA) is 64.4 Å². The second-order valence-electron chi connectivity index (χ2n) is 3.74. The molecule has 0 unspecified atom stereocenters. The van der Waals surface area contributed by atoms with Gasteiger partial charge in [-0.1, -0.05) is 12.1 Å². The van der Waals surface area contributed by atoms with Crippen molar-refractivity contribution in [1.82, 2.24) is 9.78 Å². The van der Waals surface area contributed by atoms with Crippen molar-refractivity contribution in [2.45, 2.75) is 6.61 Å². The number of carbonyl (C=O) groups is 1. The monoisotopic (exact) mass is 268 g/mol. The van der Waals surface area contributed by atoms with Crippen LogP contribution in [0.4, 0.5) is 8.78 Å². The first-order chi connectivity index (χ1) is 8.99. The number of aromatic nitrogens is 2. The van der Waals surface area contributed by atoms with E-state index in [0.29, 0.717) is 0 Å². The molecule has 0 bridgehead atoms. The van der Waals surface area contributed by atoms with E-state index in [0.717, 1.165) is 0 Å². The van der Waals surface area contributed by atoms with Crippen LogP contribution in [0.5, 0.6) is 5.75 Å². The number of halogens is 2. The normalized spacial score (nSPS) is 10.7. The molecule has 1 heterocycles. The molecule has 7 heteroatoms. The number of hydrogen-bond acceptors (Lipinski definition) is 3. The molecular formula is C12H10F2N2O3. The number of aromatic carboxylic acids is 1. The zero-order valence-corrected chi connectivity index (χ0v) is 9.88. The van der Waals surface area contributed by atoms with Crippen LogP contribution in [-0.2, 0) is 7.05 Å². The van der Waals surface area contributed by atoms with Gasteiger partial charge in [-0.2, -0.15) is 13.9 Å². The molecule has 0 amide bonds. The molecule has 0 radical (unpaired) electrons. The molecule has 5 nitrogen and oxygen atoms in total. The number of rotatable bonds is 4. The van der Waals surface area contributed by atoms with Gasteiger partial charge in [-0.05, 0) is 12.1 Å². The molecule has 0 aliphatic carbocycles. The second-order valence-corrected chi connectivity index (χ2v) is 3.74. The standard InChI is InChI=1S/C12H10F2N2O3/c1-16-6-8(11(17)18)10(15-16)7-4-2-3-5-9(7)19-12(13)14/h2-6,12H,1H3,(H,17,18). The number of carboxylic acids is 1. The number of ether oxygens (including phenoxy) is 1. The Morgan fingerprint density at radius 3 is 2.74 bits per heavy atom. The first-order valence-corrected chi connectivity index (χ1v) is 5.30. The third kappa shape index (κ3) is 2.70. The van der Waals surface area contributed by atoms with E-state index in [1.54, 1.807) is 13.1 Å². The van der Waals surface area contributed by atoms with Crippen LogP contribution in [0.25, 0.3) is 11.3 Å². The van der Waals surface area contributed by atoms with Gasteiger partial charge in [0.25, 0.3) is 0 Å². The molecule has 1 aromatic heterocycles. The van der Waals surface area contributed by atoms with Gasteiger partial charge < -0.3 is 9.84 Å². The van der Waals surface area contributed by atoms with Gasteiger partial charge >= 0.3 is 12.6 Å². The van der Waals surface area contributed by atoms with Crippen molar-refractivity contribution in [2.75, 3.05) is 0 Å². The Labute approximate surface area is 107 Å². The molecule has 0 aliphatic heterocycles. The zero-order valence-electron chi connectivity index (χ0n) is 9.88. The third-order valence-electron chi connectivity index (χ3n) is 2.42. The lowest BCUT2D eigenvalue weighted by Crippen LogP contribution is -2.04. The fraction of sp³-hybridized carbons (Fsp3) is 0.167. The quantitative estimate of drug-likeness (QED) is 0.924. The fourth-order valence-electron chi connectivity index (χ4n) is 1.70. The van der Waals surface area contributed by atoms with E-state index >= 15 is 0 Å². The summed E-state index contributed by atoms with van der Waals surface area (Å²) in [5.74, 6) is -1.30. The molecule has 0 atom stereocenters. The predicted octanol–water partition coefficient (Wildman–Crippen LogP) is 2.39. The minimum atomic E-state index is -2.99. The lowest BCUT2D eigenvalue weighted by Gasteiger charge is -2.09. The van der Waals surface area contributed by atoms with Crippen LogP contribution >= 0.6 is 0 Å². The van der Waals surface area contributed by atoms with E-state index in [2.05, 4.69) is 9.84 Å². The van der Waals surface area contributed by atoms with Gasteiger partial charge in [0, 0.05) is 18.8 Å². The highest BCUT2D eigenvalue weighted by atomic mass is 19.3. The highest BCUT2D eigenvalue weighted by Crippen LogP contribution is 2.32. The average Bonchev–Trinajstić information content (AvgIpc) is 2.71. The van der Waals surface area contributed by atoms with E-state index in [1.165, 1.54) is 29.1 Å². The summed E-state index contributed by atoms with van der Waals surface area (Å²) in [5.41, 5.74) is 0.222. The molecular weight excluding hydrogens is 258 g/mol. The molecule has 2 rings (SSSR count). The van der Waals surface area contributed by atoms with Gasteiger partial charge in [-0.15, -0.1) is 0 Å². The number of carboxylic acid groups (broad SMARTS) is 1. The van der Waals surface area contributed by atoms with Crippen molar-refractivity contribution in [2.24, 2.45) is 7.05 Å². The molecule has 0 saturated carbocycles. The predicted molar refractivity (Wildman–Crippen MR) is 62.2 cm³/mol. The van der Waals surface area contributed by atoms with Crippen LogP contribution in [0, 0.1) is 0 Å². The average molecular weight is 268 g/mol. The van der Waals surface area contributed by atoms with Gasteiger partial charge in [0.2, 0.25) is 0 Å². The van der Waals surface area contributed by atoms with Gasteiger partial charge in [0.1, 0.15) is 17.0 Å². The van der Waals surface area contributed by atoms with Crippen molar-refractivity contribution in [1.29, 1.82) is 0 Å². The van der Waals surface area contributed by atoms with Gasteiger partial charge in [-0.3, -0.25) is 4.68 Å². The lowest BCUT2D eigenvalue weighted by molar-refractivity contribution is -0.0494. The molecule has 0 fully saturated rings. The van der Waals surface area contributed by atoms with Crippen LogP contribution in [0.3, 0.4) is 0 Å². The number of para-hydroxylation sites is 1. The van der Waals surface area contributed by atoms with Crippen molar-refractivity contribution >= 4 is 5.97 Å². The van der Waals surface area contributed by atoms with Crippen LogP contribution in [0.15, 0.2) is 30.5 Å². The molecule has 100 valence electrons.